The Kier molecular flexibility index (Phi) is 5.23. The van der Waals surface area contributed by atoms with Gasteiger partial charge >= 0.3 is 0 Å². The van der Waals surface area contributed by atoms with Gasteiger partial charge in [0.15, 0.2) is 11.4 Å². The van der Waals surface area contributed by atoms with E-state index in [4.69, 9.17) is 4.74 Å². The third-order valence-corrected chi connectivity index (χ3v) is 2.79. The van der Waals surface area contributed by atoms with Crippen molar-refractivity contribution < 1.29 is 24.9 Å². The molecular weight excluding hydrogens is 276 g/mol. The molecular formula is C14H16N2O5. The molecule has 2 rings (SSSR count). The van der Waals surface area contributed by atoms with Gasteiger partial charge in [-0.1, -0.05) is 0 Å². The van der Waals surface area contributed by atoms with E-state index in [9.17, 15) is 10.4 Å². The highest BCUT2D eigenvalue weighted by Gasteiger charge is 2.05. The van der Waals surface area contributed by atoms with Gasteiger partial charge in [0.1, 0.15) is 11.5 Å². The number of benzene rings is 2. The summed E-state index contributed by atoms with van der Waals surface area (Å²) in [4.78, 5) is 9.23. The van der Waals surface area contributed by atoms with Crippen molar-refractivity contribution in [1.82, 2.24) is 0 Å². The van der Waals surface area contributed by atoms with Gasteiger partial charge in [-0.05, 0) is 24.3 Å². The van der Waals surface area contributed by atoms with Crippen molar-refractivity contribution in [3.63, 3.8) is 0 Å². The summed E-state index contributed by atoms with van der Waals surface area (Å²) in [5, 5.41) is 21.8. The maximum Gasteiger partial charge on any atom is 0.164 e. The van der Waals surface area contributed by atoms with E-state index in [0.717, 1.165) is 0 Å². The topological polar surface area (TPSA) is 82.7 Å². The van der Waals surface area contributed by atoms with Crippen LogP contribution in [0.5, 0.6) is 11.5 Å². The van der Waals surface area contributed by atoms with Gasteiger partial charge in [-0.15, -0.1) is 0 Å². The van der Waals surface area contributed by atoms with Gasteiger partial charge < -0.3 is 15.2 Å². The zero-order valence-corrected chi connectivity index (χ0v) is 11.7. The summed E-state index contributed by atoms with van der Waals surface area (Å²) in [5.41, 5.74) is 0.900. The second kappa shape index (κ2) is 7.14. The Morgan fingerprint density at radius 1 is 0.667 bits per heavy atom. The van der Waals surface area contributed by atoms with Crippen molar-refractivity contribution in [2.45, 2.75) is 0 Å². The molecule has 2 N–H and O–H groups in total. The van der Waals surface area contributed by atoms with Crippen LogP contribution in [0.1, 0.15) is 0 Å². The monoisotopic (exact) mass is 292 g/mol. The Balaban J connectivity index is 2.04. The molecule has 2 unspecified atom stereocenters. The average Bonchev–Trinajstić information content (AvgIpc) is 2.55. The van der Waals surface area contributed by atoms with Gasteiger partial charge in [0.2, 0.25) is 0 Å². The van der Waals surface area contributed by atoms with Crippen LogP contribution in [0.3, 0.4) is 0 Å². The standard InChI is InChI=1S/C14H16N2O5/c1-19-15(17)11-3-7-13(8-4-11)21-14-9-5-12(6-10-14)16(18)20-2/h3-10,15-16H,1-2H3. The number of ether oxygens (including phenoxy) is 1. The third kappa shape index (κ3) is 3.99. The summed E-state index contributed by atoms with van der Waals surface area (Å²) in [6.07, 6.45) is 0. The first-order chi connectivity index (χ1) is 10.1. The predicted molar refractivity (Wildman–Crippen MR) is 75.0 cm³/mol. The highest BCUT2D eigenvalue weighted by atomic mass is 16.9. The minimum Gasteiger partial charge on any atom is -0.595 e. The molecule has 2 atom stereocenters. The van der Waals surface area contributed by atoms with Gasteiger partial charge in [-0.2, -0.15) is 10.5 Å². The summed E-state index contributed by atoms with van der Waals surface area (Å²) in [6, 6.07) is 13.1. The molecule has 7 heteroatoms. The van der Waals surface area contributed by atoms with Gasteiger partial charge in [0.05, 0.1) is 14.2 Å². The van der Waals surface area contributed by atoms with Crippen molar-refractivity contribution in [2.75, 3.05) is 14.2 Å². The lowest BCUT2D eigenvalue weighted by molar-refractivity contribution is -0.992. The van der Waals surface area contributed by atoms with Crippen molar-refractivity contribution >= 4 is 11.4 Å². The normalized spacial score (nSPS) is 13.7. The Morgan fingerprint density at radius 2 is 1.00 bits per heavy atom. The highest BCUT2D eigenvalue weighted by molar-refractivity contribution is 5.40. The molecule has 0 radical (unpaired) electrons. The van der Waals surface area contributed by atoms with Crippen LogP contribution in [-0.4, -0.2) is 14.2 Å². The lowest BCUT2D eigenvalue weighted by Gasteiger charge is -2.17. The molecule has 0 aromatic heterocycles. The van der Waals surface area contributed by atoms with Gasteiger partial charge in [-0.25, -0.2) is 9.68 Å². The first-order valence-electron chi connectivity index (χ1n) is 6.18. The molecule has 0 saturated carbocycles. The predicted octanol–water partition coefficient (Wildman–Crippen LogP) is 0.630. The molecule has 2 aromatic rings. The Bertz CT molecular complexity index is 507. The molecule has 112 valence electrons. The minimum atomic E-state index is -0.399. The van der Waals surface area contributed by atoms with E-state index in [0.29, 0.717) is 22.9 Å². The maximum absolute atomic E-state index is 11.3. The van der Waals surface area contributed by atoms with Crippen molar-refractivity contribution in [2.24, 2.45) is 0 Å². The second-order valence-electron chi connectivity index (χ2n) is 4.13. The molecule has 2 aromatic carbocycles. The molecule has 0 amide bonds. The fourth-order valence-corrected chi connectivity index (χ4v) is 1.69. The zero-order chi connectivity index (χ0) is 15.2. The second-order valence-corrected chi connectivity index (χ2v) is 4.13. The van der Waals surface area contributed by atoms with Crippen LogP contribution in [0.2, 0.25) is 0 Å². The van der Waals surface area contributed by atoms with Crippen LogP contribution in [0.4, 0.5) is 11.4 Å². The van der Waals surface area contributed by atoms with Gasteiger partial charge in [0, 0.05) is 24.3 Å². The highest BCUT2D eigenvalue weighted by Crippen LogP contribution is 2.22. The minimum absolute atomic E-state index is 0.399. The van der Waals surface area contributed by atoms with Crippen LogP contribution < -0.4 is 15.2 Å². The molecule has 0 bridgehead atoms. The van der Waals surface area contributed by atoms with E-state index in [1.54, 1.807) is 48.5 Å². The Hall–Kier alpha value is -2.00. The molecule has 0 aliphatic rings. The molecule has 0 saturated heterocycles. The Morgan fingerprint density at radius 3 is 1.29 bits per heavy atom. The number of hydrogen-bond acceptors (Lipinski definition) is 5. The molecule has 21 heavy (non-hydrogen) atoms. The van der Waals surface area contributed by atoms with E-state index in [1.165, 1.54) is 14.2 Å². The number of nitrogens with one attached hydrogen (secondary N) is 2. The summed E-state index contributed by atoms with van der Waals surface area (Å²) in [6.45, 7) is 0. The Labute approximate surface area is 121 Å². The summed E-state index contributed by atoms with van der Waals surface area (Å²) < 4.78 is 5.61. The van der Waals surface area contributed by atoms with Gasteiger partial charge in [0.25, 0.3) is 0 Å². The first kappa shape index (κ1) is 15.4. The van der Waals surface area contributed by atoms with Crippen LogP contribution in [0.15, 0.2) is 48.5 Å². The van der Waals surface area contributed by atoms with Crippen LogP contribution in [0.25, 0.3) is 0 Å². The van der Waals surface area contributed by atoms with Crippen LogP contribution in [0, 0.1) is 10.4 Å². The number of hydrogen-bond donors (Lipinski definition) is 2. The van der Waals surface area contributed by atoms with E-state index in [-0.39, 0.29) is 0 Å². The van der Waals surface area contributed by atoms with Crippen molar-refractivity contribution in [3.8, 4) is 11.5 Å². The van der Waals surface area contributed by atoms with Gasteiger partial charge in [-0.3, -0.25) is 0 Å². The van der Waals surface area contributed by atoms with Crippen molar-refractivity contribution in [1.29, 1.82) is 0 Å². The third-order valence-electron chi connectivity index (χ3n) is 2.79. The van der Waals surface area contributed by atoms with E-state index in [2.05, 4.69) is 9.68 Å². The summed E-state index contributed by atoms with van der Waals surface area (Å²) >= 11 is 0. The number of rotatable bonds is 6. The molecule has 0 heterocycles. The fourth-order valence-electron chi connectivity index (χ4n) is 1.69. The first-order valence-corrected chi connectivity index (χ1v) is 6.18. The quantitative estimate of drug-likeness (QED) is 0.763. The number of quaternary nitrogens is 2. The lowest BCUT2D eigenvalue weighted by Crippen LogP contribution is -3.00. The lowest BCUT2D eigenvalue weighted by atomic mass is 10.3. The van der Waals surface area contributed by atoms with Crippen molar-refractivity contribution in [3.05, 3.63) is 58.9 Å². The smallest absolute Gasteiger partial charge is 0.164 e. The SMILES string of the molecule is CO[NH+]([O-])c1ccc(Oc2ccc([NH+]([O-])OC)cc2)cc1. The maximum atomic E-state index is 11.3. The molecule has 7 nitrogen and oxygen atoms in total. The average molecular weight is 292 g/mol. The molecule has 0 aliphatic heterocycles. The van der Waals surface area contributed by atoms with E-state index in [1.807, 2.05) is 0 Å². The van der Waals surface area contributed by atoms with Crippen LogP contribution in [-0.2, 0) is 9.68 Å². The molecule has 0 spiro atoms. The summed E-state index contributed by atoms with van der Waals surface area (Å²) in [5.74, 6) is 1.15. The van der Waals surface area contributed by atoms with E-state index >= 15 is 0 Å². The van der Waals surface area contributed by atoms with Crippen LogP contribution >= 0.6 is 0 Å². The summed E-state index contributed by atoms with van der Waals surface area (Å²) in [7, 11) is 2.66. The molecule has 0 aliphatic carbocycles. The largest absolute Gasteiger partial charge is 0.595 e. The van der Waals surface area contributed by atoms with E-state index < -0.39 is 10.5 Å². The fraction of sp³-hybridized carbons (Fsp3) is 0.143. The zero-order valence-electron chi connectivity index (χ0n) is 11.7. The molecule has 0 fully saturated rings.